The fraction of sp³-hybridized carbons (Fsp3) is 0.407. The number of primary amides is 1. The van der Waals surface area contributed by atoms with Crippen LogP contribution in [-0.4, -0.2) is 52.4 Å². The maximum absolute atomic E-state index is 11.3. The van der Waals surface area contributed by atoms with Crippen molar-refractivity contribution in [2.75, 3.05) is 30.8 Å². The van der Waals surface area contributed by atoms with E-state index in [2.05, 4.69) is 46.6 Å². The number of fused-ring (bicyclic) bond motifs is 1. The SMILES string of the molecule is C#CC.C=C/C(C)=C/Cc1cnn2c(N)cc(N3CCCC(N)(CC(N)=O)CC3)nc12.C=CC=NC. The number of anilines is 2. The second-order valence-corrected chi connectivity index (χ2v) is 8.58. The molecule has 0 radical (unpaired) electrons. The molecule has 36 heavy (non-hydrogen) atoms. The third-order valence-corrected chi connectivity index (χ3v) is 5.61. The predicted octanol–water partition coefficient (Wildman–Crippen LogP) is 3.06. The topological polar surface area (TPSA) is 141 Å². The molecule has 1 fully saturated rings. The molecule has 0 aliphatic carbocycles. The highest BCUT2D eigenvalue weighted by molar-refractivity contribution is 5.75. The third-order valence-electron chi connectivity index (χ3n) is 5.61. The summed E-state index contributed by atoms with van der Waals surface area (Å²) in [5, 5.41) is 4.37. The molecule has 9 nitrogen and oxygen atoms in total. The van der Waals surface area contributed by atoms with Gasteiger partial charge in [0.15, 0.2) is 5.65 Å². The molecule has 194 valence electrons. The first-order chi connectivity index (χ1) is 17.1. The van der Waals surface area contributed by atoms with Gasteiger partial charge in [0, 0.05) is 49.9 Å². The van der Waals surface area contributed by atoms with Gasteiger partial charge in [-0.05, 0) is 39.5 Å². The summed E-state index contributed by atoms with van der Waals surface area (Å²) in [7, 11) is 1.71. The van der Waals surface area contributed by atoms with Gasteiger partial charge in [-0.15, -0.1) is 12.3 Å². The lowest BCUT2D eigenvalue weighted by Gasteiger charge is -2.27. The number of amides is 1. The van der Waals surface area contributed by atoms with Gasteiger partial charge in [0.2, 0.25) is 5.91 Å². The van der Waals surface area contributed by atoms with Crippen LogP contribution in [0.1, 0.15) is 45.1 Å². The molecule has 3 rings (SSSR count). The van der Waals surface area contributed by atoms with E-state index in [1.165, 1.54) is 0 Å². The average Bonchev–Trinajstić information content (AvgIpc) is 3.14. The number of nitrogens with zero attached hydrogens (tertiary/aromatic N) is 5. The number of rotatable bonds is 7. The molecule has 1 atom stereocenters. The van der Waals surface area contributed by atoms with E-state index in [1.54, 1.807) is 37.0 Å². The molecule has 0 aromatic carbocycles. The van der Waals surface area contributed by atoms with E-state index in [1.807, 2.05) is 19.1 Å². The van der Waals surface area contributed by atoms with E-state index in [0.717, 1.165) is 42.0 Å². The zero-order valence-electron chi connectivity index (χ0n) is 21.8. The Labute approximate surface area is 214 Å². The van der Waals surface area contributed by atoms with Crippen LogP contribution in [0.3, 0.4) is 0 Å². The van der Waals surface area contributed by atoms with Crippen molar-refractivity contribution >= 4 is 29.4 Å². The summed E-state index contributed by atoms with van der Waals surface area (Å²) in [6.07, 6.45) is 16.8. The van der Waals surface area contributed by atoms with Gasteiger partial charge >= 0.3 is 0 Å². The Morgan fingerprint density at radius 3 is 2.61 bits per heavy atom. The molecule has 1 saturated heterocycles. The number of hydrogen-bond donors (Lipinski definition) is 3. The maximum atomic E-state index is 11.3. The van der Waals surface area contributed by atoms with Crippen LogP contribution in [0.4, 0.5) is 11.6 Å². The minimum absolute atomic E-state index is 0.206. The van der Waals surface area contributed by atoms with Crippen molar-refractivity contribution in [3.05, 3.63) is 54.8 Å². The smallest absolute Gasteiger partial charge is 0.219 e. The summed E-state index contributed by atoms with van der Waals surface area (Å²) in [6, 6.07) is 1.84. The van der Waals surface area contributed by atoms with E-state index in [-0.39, 0.29) is 12.3 Å². The molecular formula is C27H40N8O. The Hall–Kier alpha value is -3.90. The van der Waals surface area contributed by atoms with Gasteiger partial charge in [-0.3, -0.25) is 9.79 Å². The van der Waals surface area contributed by atoms with Crippen molar-refractivity contribution in [1.82, 2.24) is 14.6 Å². The number of nitrogen functional groups attached to an aromatic ring is 1. The van der Waals surface area contributed by atoms with Crippen molar-refractivity contribution < 1.29 is 4.79 Å². The van der Waals surface area contributed by atoms with Crippen molar-refractivity contribution in [3.8, 4) is 12.3 Å². The largest absolute Gasteiger partial charge is 0.383 e. The molecular weight excluding hydrogens is 452 g/mol. The summed E-state index contributed by atoms with van der Waals surface area (Å²) in [4.78, 5) is 22.0. The van der Waals surface area contributed by atoms with Crippen LogP contribution in [-0.2, 0) is 11.2 Å². The number of terminal acetylenes is 1. The summed E-state index contributed by atoms with van der Waals surface area (Å²) in [5.74, 6) is 3.24. The van der Waals surface area contributed by atoms with E-state index in [0.29, 0.717) is 25.2 Å². The van der Waals surface area contributed by atoms with E-state index in [9.17, 15) is 4.79 Å². The van der Waals surface area contributed by atoms with Crippen molar-refractivity contribution in [1.29, 1.82) is 0 Å². The van der Waals surface area contributed by atoms with Crippen molar-refractivity contribution in [2.45, 2.75) is 51.5 Å². The molecule has 1 amide bonds. The van der Waals surface area contributed by atoms with E-state index >= 15 is 0 Å². The first kappa shape index (κ1) is 30.1. The minimum atomic E-state index is -0.551. The number of allylic oxidation sites excluding steroid dienone is 4. The Kier molecular flexibility index (Phi) is 12.7. The zero-order valence-corrected chi connectivity index (χ0v) is 21.8. The van der Waals surface area contributed by atoms with Crippen LogP contribution >= 0.6 is 0 Å². The number of carbonyl (C=O) groups is 1. The van der Waals surface area contributed by atoms with E-state index < -0.39 is 5.54 Å². The molecule has 6 N–H and O–H groups in total. The fourth-order valence-corrected chi connectivity index (χ4v) is 3.75. The second-order valence-electron chi connectivity index (χ2n) is 8.58. The molecule has 1 aliphatic heterocycles. The molecule has 3 heterocycles. The highest BCUT2D eigenvalue weighted by Crippen LogP contribution is 2.27. The Balaban J connectivity index is 0.000000709. The number of nitrogens with two attached hydrogens (primary N) is 3. The van der Waals surface area contributed by atoms with Crippen LogP contribution in [0.2, 0.25) is 0 Å². The molecule has 0 bridgehead atoms. The van der Waals surface area contributed by atoms with Gasteiger partial charge in [-0.25, -0.2) is 4.98 Å². The molecule has 0 spiro atoms. The summed E-state index contributed by atoms with van der Waals surface area (Å²) >= 11 is 0. The number of aliphatic imine (C=N–C) groups is 1. The average molecular weight is 493 g/mol. The van der Waals surface area contributed by atoms with Gasteiger partial charge in [-0.2, -0.15) is 9.61 Å². The normalized spacial score (nSPS) is 17.8. The molecule has 2 aromatic rings. The van der Waals surface area contributed by atoms with Crippen molar-refractivity contribution in [3.63, 3.8) is 0 Å². The minimum Gasteiger partial charge on any atom is -0.383 e. The molecule has 2 aromatic heterocycles. The third kappa shape index (κ3) is 9.39. The summed E-state index contributed by atoms with van der Waals surface area (Å²) in [6.45, 7) is 12.3. The lowest BCUT2D eigenvalue weighted by Crippen LogP contribution is -2.44. The number of carbonyl (C=O) groups excluding carboxylic acids is 1. The van der Waals surface area contributed by atoms with Crippen LogP contribution < -0.4 is 22.1 Å². The first-order valence-corrected chi connectivity index (χ1v) is 11.8. The Bertz CT molecular complexity index is 1120. The van der Waals surface area contributed by atoms with E-state index in [4.69, 9.17) is 22.2 Å². The number of hydrogen-bond acceptors (Lipinski definition) is 7. The number of aromatic nitrogens is 3. The van der Waals surface area contributed by atoms with Crippen LogP contribution in [0.25, 0.3) is 5.65 Å². The summed E-state index contributed by atoms with van der Waals surface area (Å²) < 4.78 is 1.66. The van der Waals surface area contributed by atoms with Crippen LogP contribution in [0.5, 0.6) is 0 Å². The van der Waals surface area contributed by atoms with Gasteiger partial charge < -0.3 is 22.1 Å². The lowest BCUT2D eigenvalue weighted by molar-refractivity contribution is -0.119. The Morgan fingerprint density at radius 1 is 1.36 bits per heavy atom. The lowest BCUT2D eigenvalue weighted by atomic mass is 9.88. The standard InChI is InChI=1S/C20H29N7O.C4H7N.C3H4/c1-3-14(2)5-6-15-13-24-27-16(21)11-18(25-19(15)27)26-9-4-7-20(23,8-10-26)12-17(22)28;1-3-4-5-2;1-3-2/h3,5,11,13H,1,4,6-10,12,21,23H2,2H3,(H2,22,28);3-4H,1H2,2H3;1H,2H3/b14-5+;;. The van der Waals surface area contributed by atoms with Gasteiger partial charge in [-0.1, -0.05) is 37.0 Å². The Morgan fingerprint density at radius 2 is 2.06 bits per heavy atom. The van der Waals surface area contributed by atoms with Crippen molar-refractivity contribution in [2.24, 2.45) is 16.5 Å². The highest BCUT2D eigenvalue weighted by Gasteiger charge is 2.30. The second kappa shape index (κ2) is 15.2. The summed E-state index contributed by atoms with van der Waals surface area (Å²) in [5.41, 5.74) is 20.3. The quantitative estimate of drug-likeness (QED) is 0.308. The molecule has 9 heteroatoms. The zero-order chi connectivity index (χ0) is 27.1. The van der Waals surface area contributed by atoms with Gasteiger partial charge in [0.25, 0.3) is 0 Å². The van der Waals surface area contributed by atoms with Crippen LogP contribution in [0.15, 0.2) is 54.2 Å². The molecule has 0 saturated carbocycles. The maximum Gasteiger partial charge on any atom is 0.219 e. The highest BCUT2D eigenvalue weighted by atomic mass is 16.1. The first-order valence-electron chi connectivity index (χ1n) is 11.8. The molecule has 1 unspecified atom stereocenters. The van der Waals surface area contributed by atoms with Crippen LogP contribution in [0, 0.1) is 12.3 Å². The monoisotopic (exact) mass is 492 g/mol. The van der Waals surface area contributed by atoms with Gasteiger partial charge in [0.1, 0.15) is 11.6 Å². The fourth-order valence-electron chi connectivity index (χ4n) is 3.75. The van der Waals surface area contributed by atoms with Gasteiger partial charge in [0.05, 0.1) is 6.20 Å². The predicted molar refractivity (Wildman–Crippen MR) is 151 cm³/mol. The molecule has 1 aliphatic rings.